The van der Waals surface area contributed by atoms with Crippen molar-refractivity contribution in [2.45, 2.75) is 0 Å². The number of fused-ring (bicyclic) bond motifs is 2. The molecule has 0 radical (unpaired) electrons. The third-order valence-electron chi connectivity index (χ3n) is 4.58. The lowest BCUT2D eigenvalue weighted by Gasteiger charge is -2.06. The minimum atomic E-state index is 0.574. The van der Waals surface area contributed by atoms with Crippen LogP contribution in [-0.2, 0) is 0 Å². The standard InChI is InChI=1S/C20H14ClN5O2S/c1-27-12-5-3-11(4-6-12)18-23-24-20-26(18)25-19(29-20)15-10-22-16-8-7-13(28-2)9-14(16)17(15)21/h3-10H,1-2H3. The second-order valence-corrected chi connectivity index (χ2v) is 7.56. The average molecular weight is 424 g/mol. The van der Waals surface area contributed by atoms with Gasteiger partial charge in [-0.05, 0) is 42.5 Å². The Bertz CT molecular complexity index is 1350. The first-order valence-corrected chi connectivity index (χ1v) is 9.86. The third kappa shape index (κ3) is 2.97. The molecule has 0 atom stereocenters. The lowest BCUT2D eigenvalue weighted by molar-refractivity contribution is 0.415. The molecule has 5 rings (SSSR count). The number of halogens is 1. The number of rotatable bonds is 4. The van der Waals surface area contributed by atoms with Crippen molar-refractivity contribution >= 4 is 38.8 Å². The maximum absolute atomic E-state index is 6.70. The summed E-state index contributed by atoms with van der Waals surface area (Å²) in [6.45, 7) is 0. The Kier molecular flexibility index (Phi) is 4.30. The summed E-state index contributed by atoms with van der Waals surface area (Å²) in [4.78, 5) is 5.19. The molecule has 3 aromatic heterocycles. The van der Waals surface area contributed by atoms with Crippen LogP contribution < -0.4 is 9.47 Å². The maximum Gasteiger partial charge on any atom is 0.235 e. The van der Waals surface area contributed by atoms with Gasteiger partial charge in [-0.3, -0.25) is 4.98 Å². The van der Waals surface area contributed by atoms with E-state index in [2.05, 4.69) is 15.2 Å². The highest BCUT2D eigenvalue weighted by molar-refractivity contribution is 7.19. The van der Waals surface area contributed by atoms with Crippen LogP contribution in [0.1, 0.15) is 0 Å². The molecule has 2 aromatic carbocycles. The summed E-state index contributed by atoms with van der Waals surface area (Å²) in [6, 6.07) is 13.2. The lowest BCUT2D eigenvalue weighted by Crippen LogP contribution is -1.92. The zero-order chi connectivity index (χ0) is 20.0. The van der Waals surface area contributed by atoms with E-state index in [-0.39, 0.29) is 0 Å². The maximum atomic E-state index is 6.70. The summed E-state index contributed by atoms with van der Waals surface area (Å²) in [7, 11) is 3.25. The molecule has 0 saturated carbocycles. The van der Waals surface area contributed by atoms with Crippen LogP contribution in [0.25, 0.3) is 37.8 Å². The van der Waals surface area contributed by atoms with Crippen LogP contribution in [0, 0.1) is 0 Å². The summed E-state index contributed by atoms with van der Waals surface area (Å²) in [5.41, 5.74) is 2.42. The fourth-order valence-electron chi connectivity index (χ4n) is 3.06. The zero-order valence-electron chi connectivity index (χ0n) is 15.5. The van der Waals surface area contributed by atoms with E-state index in [4.69, 9.17) is 26.2 Å². The summed E-state index contributed by atoms with van der Waals surface area (Å²) < 4.78 is 12.2. The number of aromatic nitrogens is 5. The molecule has 0 spiro atoms. The van der Waals surface area contributed by atoms with Gasteiger partial charge >= 0.3 is 0 Å². The SMILES string of the molecule is COc1ccc(-c2nnc3sc(-c4cnc5ccc(OC)cc5c4Cl)nn23)cc1. The van der Waals surface area contributed by atoms with E-state index in [1.54, 1.807) is 24.9 Å². The quantitative estimate of drug-likeness (QED) is 0.415. The van der Waals surface area contributed by atoms with Gasteiger partial charge in [0, 0.05) is 17.1 Å². The number of benzene rings is 2. The fraction of sp³-hybridized carbons (Fsp3) is 0.100. The van der Waals surface area contributed by atoms with Crippen molar-refractivity contribution < 1.29 is 9.47 Å². The molecule has 7 nitrogen and oxygen atoms in total. The summed E-state index contributed by atoms with van der Waals surface area (Å²) in [5.74, 6) is 2.15. The zero-order valence-corrected chi connectivity index (χ0v) is 17.0. The molecule has 3 heterocycles. The second kappa shape index (κ2) is 6.98. The van der Waals surface area contributed by atoms with Gasteiger partial charge in [-0.25, -0.2) is 0 Å². The van der Waals surface area contributed by atoms with Crippen molar-refractivity contribution in [3.05, 3.63) is 53.7 Å². The second-order valence-electron chi connectivity index (χ2n) is 6.22. The molecule has 0 saturated heterocycles. The molecule has 29 heavy (non-hydrogen) atoms. The van der Waals surface area contributed by atoms with E-state index in [9.17, 15) is 0 Å². The molecule has 0 unspecified atom stereocenters. The smallest absolute Gasteiger partial charge is 0.235 e. The van der Waals surface area contributed by atoms with Crippen LogP contribution in [0.15, 0.2) is 48.7 Å². The van der Waals surface area contributed by atoms with Gasteiger partial charge in [0.15, 0.2) is 10.8 Å². The van der Waals surface area contributed by atoms with Crippen molar-refractivity contribution in [2.24, 2.45) is 0 Å². The lowest BCUT2D eigenvalue weighted by atomic mass is 10.1. The largest absolute Gasteiger partial charge is 0.497 e. The molecule has 0 bridgehead atoms. The summed E-state index contributed by atoms with van der Waals surface area (Å²) in [5, 5.41) is 15.3. The number of ether oxygens (including phenoxy) is 2. The number of nitrogens with zero attached hydrogens (tertiary/aromatic N) is 5. The predicted molar refractivity (Wildman–Crippen MR) is 113 cm³/mol. The molecule has 0 amide bonds. The topological polar surface area (TPSA) is 74.4 Å². The van der Waals surface area contributed by atoms with Crippen LogP contribution in [0.2, 0.25) is 5.02 Å². The number of pyridine rings is 1. The van der Waals surface area contributed by atoms with E-state index in [0.717, 1.165) is 33.5 Å². The molecule has 0 aliphatic heterocycles. The number of hydrogen-bond donors (Lipinski definition) is 0. The van der Waals surface area contributed by atoms with Crippen molar-refractivity contribution in [1.82, 2.24) is 24.8 Å². The summed E-state index contributed by atoms with van der Waals surface area (Å²) in [6.07, 6.45) is 1.73. The Morgan fingerprint density at radius 1 is 0.966 bits per heavy atom. The number of hydrogen-bond acceptors (Lipinski definition) is 7. The van der Waals surface area contributed by atoms with Crippen LogP contribution >= 0.6 is 22.9 Å². The van der Waals surface area contributed by atoms with E-state index in [0.29, 0.717) is 20.8 Å². The highest BCUT2D eigenvalue weighted by Gasteiger charge is 2.18. The minimum absolute atomic E-state index is 0.574. The Morgan fingerprint density at radius 2 is 1.72 bits per heavy atom. The van der Waals surface area contributed by atoms with Gasteiger partial charge in [0.25, 0.3) is 0 Å². The van der Waals surface area contributed by atoms with Gasteiger partial charge in [-0.15, -0.1) is 10.2 Å². The summed E-state index contributed by atoms with van der Waals surface area (Å²) >= 11 is 8.11. The van der Waals surface area contributed by atoms with Crippen molar-refractivity contribution in [2.75, 3.05) is 14.2 Å². The first-order valence-electron chi connectivity index (χ1n) is 8.67. The van der Waals surface area contributed by atoms with Gasteiger partial charge in [-0.1, -0.05) is 22.9 Å². The average Bonchev–Trinajstić information content (AvgIpc) is 3.35. The molecule has 5 aromatic rings. The Balaban J connectivity index is 1.62. The van der Waals surface area contributed by atoms with Crippen molar-refractivity contribution in [3.8, 4) is 33.5 Å². The number of methoxy groups -OCH3 is 2. The van der Waals surface area contributed by atoms with E-state index in [1.807, 2.05) is 42.5 Å². The van der Waals surface area contributed by atoms with E-state index in [1.165, 1.54) is 11.3 Å². The molecule has 0 aliphatic rings. The van der Waals surface area contributed by atoms with Gasteiger partial charge < -0.3 is 9.47 Å². The van der Waals surface area contributed by atoms with Gasteiger partial charge in [0.1, 0.15) is 11.5 Å². The van der Waals surface area contributed by atoms with Gasteiger partial charge in [-0.2, -0.15) is 9.61 Å². The first-order chi connectivity index (χ1) is 14.2. The fourth-order valence-corrected chi connectivity index (χ4v) is 4.26. The van der Waals surface area contributed by atoms with Crippen LogP contribution in [-0.4, -0.2) is 39.0 Å². The monoisotopic (exact) mass is 423 g/mol. The molecular weight excluding hydrogens is 410 g/mol. The Morgan fingerprint density at radius 3 is 2.48 bits per heavy atom. The van der Waals surface area contributed by atoms with Gasteiger partial charge in [0.2, 0.25) is 4.96 Å². The van der Waals surface area contributed by atoms with E-state index < -0.39 is 0 Å². The molecule has 0 N–H and O–H groups in total. The third-order valence-corrected chi connectivity index (χ3v) is 5.92. The Hall–Kier alpha value is -3.23. The Labute approximate surface area is 174 Å². The van der Waals surface area contributed by atoms with Crippen molar-refractivity contribution in [3.63, 3.8) is 0 Å². The molecule has 0 aliphatic carbocycles. The van der Waals surface area contributed by atoms with Crippen molar-refractivity contribution in [1.29, 1.82) is 0 Å². The minimum Gasteiger partial charge on any atom is -0.497 e. The predicted octanol–water partition coefficient (Wildman–Crippen LogP) is 4.74. The van der Waals surface area contributed by atoms with E-state index >= 15 is 0 Å². The highest BCUT2D eigenvalue weighted by Crippen LogP contribution is 2.37. The normalized spacial score (nSPS) is 11.3. The first kappa shape index (κ1) is 17.8. The molecule has 9 heteroatoms. The molecule has 0 fully saturated rings. The highest BCUT2D eigenvalue weighted by atomic mass is 35.5. The van der Waals surface area contributed by atoms with Crippen LogP contribution in [0.4, 0.5) is 0 Å². The van der Waals surface area contributed by atoms with Crippen LogP contribution in [0.5, 0.6) is 11.5 Å². The molecule has 144 valence electrons. The van der Waals surface area contributed by atoms with Gasteiger partial charge in [0.05, 0.1) is 30.3 Å². The van der Waals surface area contributed by atoms with Crippen LogP contribution in [0.3, 0.4) is 0 Å². The molecular formula is C20H14ClN5O2S.